The van der Waals surface area contributed by atoms with E-state index in [9.17, 15) is 17.6 Å². The highest BCUT2D eigenvalue weighted by Gasteiger charge is 2.15. The van der Waals surface area contributed by atoms with Gasteiger partial charge in [-0.15, -0.1) is 5.10 Å². The minimum absolute atomic E-state index is 0.189. The number of hydrogen-bond acceptors (Lipinski definition) is 5. The summed E-state index contributed by atoms with van der Waals surface area (Å²) in [5, 5.41) is 8.28. The second kappa shape index (κ2) is 8.42. The topological polar surface area (TPSA) is 48.1 Å². The first-order valence-electron chi connectivity index (χ1n) is 8.02. The average molecular weight is 413 g/mol. The van der Waals surface area contributed by atoms with Gasteiger partial charge in [0.05, 0.1) is 15.9 Å². The molecule has 10 heteroatoms. The van der Waals surface area contributed by atoms with Crippen LogP contribution in [0.2, 0.25) is 0 Å². The van der Waals surface area contributed by atoms with Crippen molar-refractivity contribution in [1.29, 1.82) is 0 Å². The number of nitrogens with zero attached hydrogens (tertiary/aromatic N) is 3. The summed E-state index contributed by atoms with van der Waals surface area (Å²) < 4.78 is 61.7. The van der Waals surface area contributed by atoms with Crippen molar-refractivity contribution in [1.82, 2.24) is 4.57 Å². The quantitative estimate of drug-likeness (QED) is 0.332. The molecular weight excluding hydrogens is 398 g/mol. The maximum absolute atomic E-state index is 12.7. The molecule has 3 rings (SSSR count). The Morgan fingerprint density at radius 2 is 1.75 bits per heavy atom. The molecule has 0 atom stereocenters. The van der Waals surface area contributed by atoms with Crippen LogP contribution in [0.4, 0.5) is 17.6 Å². The number of benzene rings is 2. The van der Waals surface area contributed by atoms with Gasteiger partial charge >= 0.3 is 13.2 Å². The fraction of sp³-hybridized carbons (Fsp3) is 0.222. The molecule has 0 bridgehead atoms. The predicted octanol–water partition coefficient (Wildman–Crippen LogP) is 4.77. The molecule has 0 unspecified atom stereocenters. The minimum Gasteiger partial charge on any atom is -0.435 e. The Morgan fingerprint density at radius 3 is 2.43 bits per heavy atom. The van der Waals surface area contributed by atoms with Gasteiger partial charge in [0.1, 0.15) is 11.5 Å². The molecule has 0 aliphatic carbocycles. The first-order valence-corrected chi connectivity index (χ1v) is 8.83. The molecule has 0 saturated carbocycles. The van der Waals surface area contributed by atoms with Gasteiger partial charge < -0.3 is 14.0 Å². The first-order chi connectivity index (χ1) is 13.3. The Balaban J connectivity index is 1.99. The van der Waals surface area contributed by atoms with Crippen LogP contribution >= 0.6 is 11.3 Å². The number of fused-ring (bicyclic) bond motifs is 1. The third kappa shape index (κ3) is 4.50. The summed E-state index contributed by atoms with van der Waals surface area (Å²) in [7, 11) is 1.84. The van der Waals surface area contributed by atoms with E-state index < -0.39 is 13.2 Å². The monoisotopic (exact) mass is 413 g/mol. The molecule has 0 N–H and O–H groups in total. The molecule has 28 heavy (non-hydrogen) atoms. The van der Waals surface area contributed by atoms with Crippen molar-refractivity contribution in [2.75, 3.05) is 0 Å². The zero-order valence-electron chi connectivity index (χ0n) is 14.8. The van der Waals surface area contributed by atoms with Crippen LogP contribution < -0.4 is 14.3 Å². The van der Waals surface area contributed by atoms with Crippen molar-refractivity contribution in [3.05, 3.63) is 52.8 Å². The van der Waals surface area contributed by atoms with E-state index in [1.807, 2.05) is 35.9 Å². The van der Waals surface area contributed by atoms with Gasteiger partial charge in [-0.2, -0.15) is 22.7 Å². The molecule has 0 spiro atoms. The lowest BCUT2D eigenvalue weighted by Crippen LogP contribution is -2.10. The van der Waals surface area contributed by atoms with E-state index in [1.165, 1.54) is 23.5 Å². The van der Waals surface area contributed by atoms with Gasteiger partial charge in [0, 0.05) is 18.7 Å². The Morgan fingerprint density at radius 1 is 1.04 bits per heavy atom. The van der Waals surface area contributed by atoms with E-state index in [2.05, 4.69) is 19.7 Å². The largest absolute Gasteiger partial charge is 0.435 e. The van der Waals surface area contributed by atoms with Crippen molar-refractivity contribution in [2.45, 2.75) is 20.1 Å². The Kier molecular flexibility index (Phi) is 5.98. The summed E-state index contributed by atoms with van der Waals surface area (Å²) in [6.45, 7) is -4.66. The van der Waals surface area contributed by atoms with Crippen LogP contribution in [0.5, 0.6) is 11.5 Å². The van der Waals surface area contributed by atoms with Gasteiger partial charge in [0.2, 0.25) is 4.80 Å². The van der Waals surface area contributed by atoms with Crippen molar-refractivity contribution >= 4 is 27.3 Å². The Bertz CT molecular complexity index is 1080. The van der Waals surface area contributed by atoms with Gasteiger partial charge in [-0.25, -0.2) is 0 Å². The average Bonchev–Trinajstić information content (AvgIpc) is 2.95. The molecule has 148 valence electrons. The molecule has 0 aliphatic heterocycles. The summed E-state index contributed by atoms with van der Waals surface area (Å²) >= 11 is 1.42. The van der Waals surface area contributed by atoms with E-state index in [-0.39, 0.29) is 22.8 Å². The predicted molar refractivity (Wildman–Crippen MR) is 98.3 cm³/mol. The van der Waals surface area contributed by atoms with Crippen LogP contribution in [0, 0.1) is 0 Å². The minimum atomic E-state index is -3.13. The van der Waals surface area contributed by atoms with Crippen molar-refractivity contribution in [3.63, 3.8) is 0 Å². The molecule has 2 aromatic carbocycles. The van der Waals surface area contributed by atoms with E-state index in [0.717, 1.165) is 16.3 Å². The van der Waals surface area contributed by atoms with Gasteiger partial charge in [-0.05, 0) is 31.2 Å². The van der Waals surface area contributed by atoms with E-state index in [4.69, 9.17) is 0 Å². The first kappa shape index (κ1) is 19.9. The van der Waals surface area contributed by atoms with Crippen LogP contribution in [0.25, 0.3) is 10.2 Å². The number of aromatic nitrogens is 1. The summed E-state index contributed by atoms with van der Waals surface area (Å²) in [6, 6.07) is 11.2. The van der Waals surface area contributed by atoms with Gasteiger partial charge in [0.15, 0.2) is 0 Å². The second-order valence-electron chi connectivity index (χ2n) is 5.61. The lowest BCUT2D eigenvalue weighted by molar-refractivity contribution is -0.0543. The number of thiazole rings is 1. The van der Waals surface area contributed by atoms with Crippen LogP contribution in [0.3, 0.4) is 0 Å². The summed E-state index contributed by atoms with van der Waals surface area (Å²) in [5.74, 6) is -0.625. The molecule has 5 nitrogen and oxygen atoms in total. The molecule has 1 aromatic heterocycles. The van der Waals surface area contributed by atoms with E-state index in [0.29, 0.717) is 4.80 Å². The summed E-state index contributed by atoms with van der Waals surface area (Å²) in [5.41, 5.74) is 1.44. The lowest BCUT2D eigenvalue weighted by atomic mass is 10.1. The van der Waals surface area contributed by atoms with Gasteiger partial charge in [0.25, 0.3) is 0 Å². The van der Waals surface area contributed by atoms with Crippen LogP contribution in [-0.2, 0) is 7.05 Å². The number of para-hydroxylation sites is 1. The third-order valence-electron chi connectivity index (χ3n) is 3.78. The molecule has 1 heterocycles. The van der Waals surface area contributed by atoms with Crippen molar-refractivity contribution in [3.8, 4) is 11.5 Å². The maximum atomic E-state index is 12.7. The second-order valence-corrected chi connectivity index (χ2v) is 6.62. The highest BCUT2D eigenvalue weighted by molar-refractivity contribution is 7.16. The third-order valence-corrected chi connectivity index (χ3v) is 4.89. The number of aryl methyl sites for hydroxylation is 1. The zero-order chi connectivity index (χ0) is 20.3. The molecule has 0 aliphatic rings. The number of rotatable bonds is 6. The fourth-order valence-corrected chi connectivity index (χ4v) is 3.49. The standard InChI is InChI=1S/C18H15F4N3O2S/c1-10(23-24-18-25(2)13-5-3-4-6-15(13)28-18)12-8-7-11(26-16(19)20)9-14(12)27-17(21)22/h3-9,16-17H,1-2H3/b23-10-,24-18+. The molecule has 3 aromatic rings. The molecule has 0 radical (unpaired) electrons. The number of hydrogen-bond donors (Lipinski definition) is 0. The summed E-state index contributed by atoms with van der Waals surface area (Å²) in [4.78, 5) is 0.606. The van der Waals surface area contributed by atoms with Crippen LogP contribution in [0.1, 0.15) is 12.5 Å². The highest BCUT2D eigenvalue weighted by Crippen LogP contribution is 2.28. The smallest absolute Gasteiger partial charge is 0.387 e. The number of ether oxygens (including phenoxy) is 2. The van der Waals surface area contributed by atoms with E-state index in [1.54, 1.807) is 6.92 Å². The van der Waals surface area contributed by atoms with Crippen LogP contribution in [0.15, 0.2) is 52.7 Å². The van der Waals surface area contributed by atoms with Crippen LogP contribution in [-0.4, -0.2) is 23.5 Å². The number of halogens is 4. The van der Waals surface area contributed by atoms with Gasteiger partial charge in [-0.1, -0.05) is 23.5 Å². The highest BCUT2D eigenvalue weighted by atomic mass is 32.1. The van der Waals surface area contributed by atoms with Gasteiger partial charge in [-0.3, -0.25) is 0 Å². The molecule has 0 amide bonds. The number of alkyl halides is 4. The Labute approximate surface area is 161 Å². The molecular formula is C18H15F4N3O2S. The zero-order valence-corrected chi connectivity index (χ0v) is 15.6. The normalized spacial score (nSPS) is 13.0. The van der Waals surface area contributed by atoms with E-state index >= 15 is 0 Å². The fourth-order valence-electron chi connectivity index (χ4n) is 2.52. The summed E-state index contributed by atoms with van der Waals surface area (Å²) in [6.07, 6.45) is 0. The Hall–Kier alpha value is -2.88. The SMILES string of the molecule is C/C(=N/N=c1/sc2ccccc2n1C)c1ccc(OC(F)F)cc1OC(F)F. The molecule has 0 fully saturated rings. The maximum Gasteiger partial charge on any atom is 0.387 e. The molecule has 0 saturated heterocycles. The van der Waals surface area contributed by atoms with Crippen molar-refractivity contribution in [2.24, 2.45) is 17.3 Å². The van der Waals surface area contributed by atoms with Crippen molar-refractivity contribution < 1.29 is 27.0 Å². The lowest BCUT2D eigenvalue weighted by Gasteiger charge is -2.12.